The lowest BCUT2D eigenvalue weighted by molar-refractivity contribution is -0.117. The zero-order valence-corrected chi connectivity index (χ0v) is 13.3. The van der Waals surface area contributed by atoms with Gasteiger partial charge >= 0.3 is 0 Å². The van der Waals surface area contributed by atoms with Gasteiger partial charge < -0.3 is 10.6 Å². The number of hydrogen-bond donors (Lipinski definition) is 3. The van der Waals surface area contributed by atoms with Crippen molar-refractivity contribution in [3.63, 3.8) is 0 Å². The second-order valence-corrected chi connectivity index (χ2v) is 5.89. The molecule has 2 heterocycles. The van der Waals surface area contributed by atoms with Crippen LogP contribution >= 0.6 is 0 Å². The average Bonchev–Trinajstić information content (AvgIpc) is 2.63. The van der Waals surface area contributed by atoms with E-state index >= 15 is 0 Å². The highest BCUT2D eigenvalue weighted by Crippen LogP contribution is 2.29. The molecule has 2 aromatic carbocycles. The fraction of sp³-hybridized carbons (Fsp3) is 0.105. The van der Waals surface area contributed by atoms with E-state index in [1.165, 1.54) is 0 Å². The summed E-state index contributed by atoms with van der Waals surface area (Å²) in [7, 11) is 0. The molecule has 0 fully saturated rings. The van der Waals surface area contributed by atoms with Crippen molar-refractivity contribution in [3.05, 3.63) is 82.1 Å². The molecule has 0 radical (unpaired) electrons. The Labute approximate surface area is 143 Å². The smallest absolute Gasteiger partial charge is 0.257 e. The van der Waals surface area contributed by atoms with Gasteiger partial charge in [0.15, 0.2) is 0 Å². The first-order valence-corrected chi connectivity index (χ1v) is 8.02. The number of carbonyl (C=O) groups is 1. The van der Waals surface area contributed by atoms with Gasteiger partial charge in [0.05, 0.1) is 11.5 Å². The van der Waals surface area contributed by atoms with Crippen molar-refractivity contribution in [1.82, 2.24) is 9.97 Å². The van der Waals surface area contributed by atoms with Gasteiger partial charge in [-0.2, -0.15) is 4.98 Å². The molecule has 0 saturated heterocycles. The molecule has 1 aliphatic heterocycles. The van der Waals surface area contributed by atoms with Crippen LogP contribution in [0.5, 0.6) is 0 Å². The molecule has 0 aliphatic carbocycles. The number of anilines is 3. The summed E-state index contributed by atoms with van der Waals surface area (Å²) in [5.74, 6) is 0.0831. The van der Waals surface area contributed by atoms with E-state index in [-0.39, 0.29) is 17.4 Å². The standard InChI is InChI=1S/C19H16N4O2/c24-17-14(12-7-3-1-4-8-12)11-15-16(21-17)22-19(23-18(15)25)20-13-9-5-2-6-10-13/h1-10,14H,11H2,(H3,20,21,22,23,24,25). The fourth-order valence-electron chi connectivity index (χ4n) is 2.96. The quantitative estimate of drug-likeness (QED) is 0.688. The summed E-state index contributed by atoms with van der Waals surface area (Å²) < 4.78 is 0. The van der Waals surface area contributed by atoms with E-state index in [1.807, 2.05) is 60.7 Å². The first-order chi connectivity index (χ1) is 12.2. The number of aromatic amines is 1. The molecule has 3 aromatic rings. The summed E-state index contributed by atoms with van der Waals surface area (Å²) in [5.41, 5.74) is 1.93. The van der Waals surface area contributed by atoms with E-state index in [0.717, 1.165) is 11.3 Å². The van der Waals surface area contributed by atoms with Crippen LogP contribution in [0.1, 0.15) is 17.0 Å². The van der Waals surface area contributed by atoms with Gasteiger partial charge in [0.25, 0.3) is 5.56 Å². The van der Waals surface area contributed by atoms with Crippen molar-refractivity contribution in [3.8, 4) is 0 Å². The van der Waals surface area contributed by atoms with E-state index < -0.39 is 0 Å². The third kappa shape index (κ3) is 3.01. The SMILES string of the molecule is O=C1Nc2nc(Nc3ccccc3)[nH]c(=O)c2CC1c1ccccc1. The Balaban J connectivity index is 1.66. The van der Waals surface area contributed by atoms with Crippen molar-refractivity contribution in [2.24, 2.45) is 0 Å². The van der Waals surface area contributed by atoms with Crippen LogP contribution in [0.25, 0.3) is 0 Å². The Morgan fingerprint density at radius 3 is 2.36 bits per heavy atom. The molecule has 1 unspecified atom stereocenters. The Morgan fingerprint density at radius 1 is 0.960 bits per heavy atom. The first-order valence-electron chi connectivity index (χ1n) is 8.02. The fourth-order valence-corrected chi connectivity index (χ4v) is 2.96. The number of aromatic nitrogens is 2. The molecule has 25 heavy (non-hydrogen) atoms. The van der Waals surface area contributed by atoms with Gasteiger partial charge in [-0.05, 0) is 24.1 Å². The summed E-state index contributed by atoms with van der Waals surface area (Å²) >= 11 is 0. The second-order valence-electron chi connectivity index (χ2n) is 5.89. The summed E-state index contributed by atoms with van der Waals surface area (Å²) in [6, 6.07) is 18.8. The number of nitrogens with zero attached hydrogens (tertiary/aromatic N) is 1. The molecule has 6 heteroatoms. The molecule has 0 saturated carbocycles. The van der Waals surface area contributed by atoms with Crippen molar-refractivity contribution >= 4 is 23.4 Å². The third-order valence-corrected chi connectivity index (χ3v) is 4.22. The van der Waals surface area contributed by atoms with Crippen molar-refractivity contribution < 1.29 is 4.79 Å². The van der Waals surface area contributed by atoms with E-state index in [4.69, 9.17) is 0 Å². The molecule has 3 N–H and O–H groups in total. The van der Waals surface area contributed by atoms with Crippen LogP contribution in [0, 0.1) is 0 Å². The minimum atomic E-state index is -0.385. The highest BCUT2D eigenvalue weighted by Gasteiger charge is 2.30. The number of fused-ring (bicyclic) bond motifs is 1. The number of H-pyrrole nitrogens is 1. The van der Waals surface area contributed by atoms with Crippen LogP contribution in [0.2, 0.25) is 0 Å². The second kappa shape index (κ2) is 6.24. The number of para-hydroxylation sites is 1. The maximum absolute atomic E-state index is 12.5. The number of benzene rings is 2. The minimum absolute atomic E-state index is 0.150. The predicted octanol–water partition coefficient (Wildman–Crippen LogP) is 2.79. The monoisotopic (exact) mass is 332 g/mol. The van der Waals surface area contributed by atoms with Gasteiger partial charge in [-0.15, -0.1) is 0 Å². The Kier molecular flexibility index (Phi) is 3.78. The molecule has 124 valence electrons. The molecular formula is C19H16N4O2. The van der Waals surface area contributed by atoms with Crippen LogP contribution in [0.4, 0.5) is 17.5 Å². The van der Waals surface area contributed by atoms with Gasteiger partial charge in [-0.3, -0.25) is 14.6 Å². The van der Waals surface area contributed by atoms with Gasteiger partial charge in [0, 0.05) is 5.69 Å². The van der Waals surface area contributed by atoms with Crippen LogP contribution < -0.4 is 16.2 Å². The maximum Gasteiger partial charge on any atom is 0.257 e. The first kappa shape index (κ1) is 15.1. The molecule has 1 atom stereocenters. The van der Waals surface area contributed by atoms with Crippen LogP contribution in [-0.4, -0.2) is 15.9 Å². The van der Waals surface area contributed by atoms with Gasteiger partial charge in [-0.1, -0.05) is 48.5 Å². The number of amides is 1. The topological polar surface area (TPSA) is 86.9 Å². The molecule has 6 nitrogen and oxygen atoms in total. The normalized spacial score (nSPS) is 16.0. The molecule has 4 rings (SSSR count). The predicted molar refractivity (Wildman–Crippen MR) is 96.1 cm³/mol. The highest BCUT2D eigenvalue weighted by atomic mass is 16.2. The van der Waals surface area contributed by atoms with Crippen molar-refractivity contribution in [2.45, 2.75) is 12.3 Å². The Hall–Kier alpha value is -3.41. The largest absolute Gasteiger partial charge is 0.326 e. The molecule has 1 aliphatic rings. The summed E-state index contributed by atoms with van der Waals surface area (Å²) in [5, 5.41) is 5.80. The summed E-state index contributed by atoms with van der Waals surface area (Å²) in [6.07, 6.45) is 0.332. The lowest BCUT2D eigenvalue weighted by Crippen LogP contribution is -2.33. The van der Waals surface area contributed by atoms with Gasteiger partial charge in [0.2, 0.25) is 11.9 Å². The number of rotatable bonds is 3. The summed E-state index contributed by atoms with van der Waals surface area (Å²) in [6.45, 7) is 0. The molecular weight excluding hydrogens is 316 g/mol. The van der Waals surface area contributed by atoms with Crippen LogP contribution in [0.15, 0.2) is 65.5 Å². The lowest BCUT2D eigenvalue weighted by atomic mass is 9.89. The summed E-state index contributed by atoms with van der Waals surface area (Å²) in [4.78, 5) is 32.0. The zero-order chi connectivity index (χ0) is 17.2. The third-order valence-electron chi connectivity index (χ3n) is 4.22. The van der Waals surface area contributed by atoms with Crippen LogP contribution in [0.3, 0.4) is 0 Å². The zero-order valence-electron chi connectivity index (χ0n) is 13.3. The minimum Gasteiger partial charge on any atom is -0.326 e. The van der Waals surface area contributed by atoms with E-state index in [0.29, 0.717) is 23.8 Å². The molecule has 1 aromatic heterocycles. The number of hydrogen-bond acceptors (Lipinski definition) is 4. The molecule has 0 bridgehead atoms. The van der Waals surface area contributed by atoms with Crippen LogP contribution in [-0.2, 0) is 11.2 Å². The van der Waals surface area contributed by atoms with Crippen molar-refractivity contribution in [1.29, 1.82) is 0 Å². The Morgan fingerprint density at radius 2 is 1.64 bits per heavy atom. The van der Waals surface area contributed by atoms with Crippen molar-refractivity contribution in [2.75, 3.05) is 10.6 Å². The highest BCUT2D eigenvalue weighted by molar-refractivity contribution is 5.98. The van der Waals surface area contributed by atoms with Gasteiger partial charge in [-0.25, -0.2) is 0 Å². The average molecular weight is 332 g/mol. The van der Waals surface area contributed by atoms with Gasteiger partial charge in [0.1, 0.15) is 5.82 Å². The maximum atomic E-state index is 12.5. The van der Waals surface area contributed by atoms with E-state index in [1.54, 1.807) is 0 Å². The Bertz CT molecular complexity index is 968. The van der Waals surface area contributed by atoms with E-state index in [2.05, 4.69) is 20.6 Å². The molecule has 0 spiro atoms. The number of carbonyl (C=O) groups excluding carboxylic acids is 1. The molecule has 1 amide bonds. The lowest BCUT2D eigenvalue weighted by Gasteiger charge is -2.23. The van der Waals surface area contributed by atoms with E-state index in [9.17, 15) is 9.59 Å². The number of nitrogens with one attached hydrogen (secondary N) is 3.